The van der Waals surface area contributed by atoms with Gasteiger partial charge in [-0.15, -0.1) is 12.4 Å². The van der Waals surface area contributed by atoms with Gasteiger partial charge in [0.15, 0.2) is 4.98 Å². The van der Waals surface area contributed by atoms with Gasteiger partial charge in [0.1, 0.15) is 0 Å². The molecule has 0 bridgehead atoms. The molecule has 0 unspecified atom stereocenters. The van der Waals surface area contributed by atoms with E-state index in [4.69, 9.17) is 14.9 Å². The molecule has 1 saturated heterocycles. The second kappa shape index (κ2) is 6.28. The fraction of sp³-hybridized carbons (Fsp3) is 0.455. The van der Waals surface area contributed by atoms with Gasteiger partial charge in [-0.2, -0.15) is 0 Å². The molecule has 2 rings (SSSR count). The Hall–Kier alpha value is -1.51. The molecule has 0 N–H and O–H groups in total. The van der Waals surface area contributed by atoms with Crippen molar-refractivity contribution in [1.29, 1.82) is 5.39 Å². The summed E-state index contributed by atoms with van der Waals surface area (Å²) in [7, 11) is 1.56. The van der Waals surface area contributed by atoms with E-state index in [1.54, 1.807) is 13.2 Å². The van der Waals surface area contributed by atoms with Crippen molar-refractivity contribution in [2.24, 2.45) is 0 Å². The van der Waals surface area contributed by atoms with Crippen LogP contribution in [0.15, 0.2) is 18.2 Å². The highest BCUT2D eigenvalue weighted by molar-refractivity contribution is 5.85. The van der Waals surface area contributed by atoms with E-state index in [-0.39, 0.29) is 12.4 Å². The lowest BCUT2D eigenvalue weighted by Gasteiger charge is -2.28. The lowest BCUT2D eigenvalue weighted by molar-refractivity contribution is 0.122. The van der Waals surface area contributed by atoms with E-state index in [0.717, 1.165) is 32.0 Å². The Balaban J connectivity index is 0.00000144. The predicted octanol–water partition coefficient (Wildman–Crippen LogP) is 2.44. The molecule has 0 spiro atoms. The maximum Gasteiger partial charge on any atom is 0.426 e. The van der Waals surface area contributed by atoms with Gasteiger partial charge < -0.3 is 14.4 Å². The summed E-state index contributed by atoms with van der Waals surface area (Å²) in [5, 5.41) is 8.76. The molecule has 0 amide bonds. The van der Waals surface area contributed by atoms with Crippen LogP contribution in [0.5, 0.6) is 5.75 Å². The van der Waals surface area contributed by atoms with Crippen LogP contribution in [0.2, 0.25) is 0 Å². The number of benzene rings is 1. The molecule has 0 aliphatic carbocycles. The van der Waals surface area contributed by atoms with Crippen molar-refractivity contribution in [2.45, 2.75) is 0 Å². The predicted molar refractivity (Wildman–Crippen MR) is 68.0 cm³/mol. The third kappa shape index (κ3) is 2.99. The summed E-state index contributed by atoms with van der Waals surface area (Å²) in [6.45, 7) is 3.24. The molecular weight excluding hydrogens is 242 g/mol. The molecule has 0 aromatic heterocycles. The first-order valence-electron chi connectivity index (χ1n) is 5.21. The SMILES string of the molecule is COc1cc(N2CCOCC2)ccc1[N+]#N.Cl. The van der Waals surface area contributed by atoms with Crippen LogP contribution in [0.25, 0.3) is 4.98 Å². The van der Waals surface area contributed by atoms with Gasteiger partial charge in [0.25, 0.3) is 0 Å². The molecule has 1 aliphatic heterocycles. The third-order valence-electron chi connectivity index (χ3n) is 2.65. The average molecular weight is 257 g/mol. The number of hydrogen-bond donors (Lipinski definition) is 0. The number of rotatable bonds is 2. The number of nitrogens with zero attached hydrogens (tertiary/aromatic N) is 3. The van der Waals surface area contributed by atoms with Crippen molar-refractivity contribution in [1.82, 2.24) is 0 Å². The summed E-state index contributed by atoms with van der Waals surface area (Å²) in [6.07, 6.45) is 0. The quantitative estimate of drug-likeness (QED) is 0.763. The first-order chi connectivity index (χ1) is 7.85. The smallest absolute Gasteiger partial charge is 0.426 e. The van der Waals surface area contributed by atoms with Crippen LogP contribution in [0.4, 0.5) is 11.4 Å². The summed E-state index contributed by atoms with van der Waals surface area (Å²) in [5.74, 6) is 0.575. The number of methoxy groups -OCH3 is 1. The molecule has 1 aromatic rings. The van der Waals surface area contributed by atoms with Crippen molar-refractivity contribution in [2.75, 3.05) is 38.3 Å². The molecule has 1 aliphatic rings. The van der Waals surface area contributed by atoms with Crippen molar-refractivity contribution >= 4 is 23.8 Å². The van der Waals surface area contributed by atoms with Gasteiger partial charge in [0.2, 0.25) is 11.1 Å². The van der Waals surface area contributed by atoms with Crippen LogP contribution in [0, 0.1) is 5.39 Å². The second-order valence-electron chi connectivity index (χ2n) is 3.56. The maximum absolute atomic E-state index is 8.76. The monoisotopic (exact) mass is 256 g/mol. The lowest BCUT2D eigenvalue weighted by Crippen LogP contribution is -2.36. The number of ether oxygens (including phenoxy) is 2. The highest BCUT2D eigenvalue weighted by Crippen LogP contribution is 2.32. The molecule has 92 valence electrons. The molecule has 17 heavy (non-hydrogen) atoms. The van der Waals surface area contributed by atoms with E-state index in [9.17, 15) is 0 Å². The fourth-order valence-corrected chi connectivity index (χ4v) is 1.77. The van der Waals surface area contributed by atoms with E-state index < -0.39 is 0 Å². The number of halogens is 1. The van der Waals surface area contributed by atoms with E-state index in [1.807, 2.05) is 12.1 Å². The summed E-state index contributed by atoms with van der Waals surface area (Å²) in [5.41, 5.74) is 1.51. The zero-order chi connectivity index (χ0) is 11.4. The van der Waals surface area contributed by atoms with Gasteiger partial charge >= 0.3 is 5.69 Å². The minimum atomic E-state index is 0. The molecule has 6 heteroatoms. The molecule has 0 radical (unpaired) electrons. The first-order valence-corrected chi connectivity index (χ1v) is 5.21. The van der Waals surface area contributed by atoms with E-state index in [0.29, 0.717) is 11.4 Å². The van der Waals surface area contributed by atoms with Crippen molar-refractivity contribution in [3.8, 4) is 5.75 Å². The number of morpholine rings is 1. The summed E-state index contributed by atoms with van der Waals surface area (Å²) in [6, 6.07) is 5.53. The van der Waals surface area contributed by atoms with E-state index in [2.05, 4.69) is 9.88 Å². The fourth-order valence-electron chi connectivity index (χ4n) is 1.77. The van der Waals surface area contributed by atoms with Gasteiger partial charge in [0.05, 0.1) is 20.3 Å². The number of diazo groups is 1. The van der Waals surface area contributed by atoms with Crippen LogP contribution in [-0.2, 0) is 4.74 Å². The van der Waals surface area contributed by atoms with Gasteiger partial charge in [-0.25, -0.2) is 0 Å². The Morgan fingerprint density at radius 3 is 2.65 bits per heavy atom. The molecule has 1 heterocycles. The molecule has 1 fully saturated rings. The Kier molecular flexibility index (Phi) is 5.01. The normalized spacial score (nSPS) is 14.7. The van der Waals surface area contributed by atoms with Crippen molar-refractivity contribution in [3.63, 3.8) is 0 Å². The Bertz CT molecular complexity index is 414. The van der Waals surface area contributed by atoms with Crippen LogP contribution in [0.1, 0.15) is 0 Å². The zero-order valence-electron chi connectivity index (χ0n) is 9.63. The molecule has 5 nitrogen and oxygen atoms in total. The highest BCUT2D eigenvalue weighted by Gasteiger charge is 2.18. The molecule has 1 aromatic carbocycles. The minimum absolute atomic E-state index is 0. The summed E-state index contributed by atoms with van der Waals surface area (Å²) < 4.78 is 10.4. The van der Waals surface area contributed by atoms with Gasteiger partial charge in [0, 0.05) is 30.9 Å². The molecule has 0 atom stereocenters. The van der Waals surface area contributed by atoms with E-state index in [1.165, 1.54) is 0 Å². The Morgan fingerprint density at radius 2 is 2.06 bits per heavy atom. The maximum atomic E-state index is 8.76. The van der Waals surface area contributed by atoms with Gasteiger partial charge in [-0.3, -0.25) is 0 Å². The Morgan fingerprint density at radius 1 is 1.35 bits per heavy atom. The largest absolute Gasteiger partial charge is 0.489 e. The minimum Gasteiger partial charge on any atom is -0.489 e. The first kappa shape index (κ1) is 13.6. The molecular formula is C11H15ClN3O2+. The average Bonchev–Trinajstić information content (AvgIpc) is 2.39. The van der Waals surface area contributed by atoms with Gasteiger partial charge in [-0.1, -0.05) is 0 Å². The molecule has 0 saturated carbocycles. The van der Waals surface area contributed by atoms with E-state index >= 15 is 0 Å². The number of hydrogen-bond acceptors (Lipinski definition) is 4. The summed E-state index contributed by atoms with van der Waals surface area (Å²) in [4.78, 5) is 5.37. The highest BCUT2D eigenvalue weighted by atomic mass is 35.5. The van der Waals surface area contributed by atoms with Gasteiger partial charge in [-0.05, 0) is 6.07 Å². The Labute approximate surface area is 106 Å². The number of anilines is 1. The third-order valence-corrected chi connectivity index (χ3v) is 2.65. The lowest BCUT2D eigenvalue weighted by atomic mass is 10.2. The van der Waals surface area contributed by atoms with Crippen molar-refractivity contribution < 1.29 is 9.47 Å². The topological polar surface area (TPSA) is 49.9 Å². The van der Waals surface area contributed by atoms with Crippen molar-refractivity contribution in [3.05, 3.63) is 23.2 Å². The standard InChI is InChI=1S/C11H14N3O2.ClH/c1-15-11-8-9(2-3-10(11)13-12)14-4-6-16-7-5-14;/h2-3,8H,4-7H2,1H3;1H/q+1;. The second-order valence-corrected chi connectivity index (χ2v) is 3.56. The summed E-state index contributed by atoms with van der Waals surface area (Å²) >= 11 is 0. The van der Waals surface area contributed by atoms with Crippen LogP contribution in [-0.4, -0.2) is 33.4 Å². The van der Waals surface area contributed by atoms with Crippen LogP contribution >= 0.6 is 12.4 Å². The van der Waals surface area contributed by atoms with Crippen LogP contribution in [0.3, 0.4) is 0 Å². The zero-order valence-corrected chi connectivity index (χ0v) is 10.4. The van der Waals surface area contributed by atoms with Crippen LogP contribution < -0.4 is 9.64 Å².